The summed E-state index contributed by atoms with van der Waals surface area (Å²) in [7, 11) is 0. The van der Waals surface area contributed by atoms with Gasteiger partial charge in [-0.2, -0.15) is 0 Å². The topological polar surface area (TPSA) is 37.4 Å². The van der Waals surface area contributed by atoms with Gasteiger partial charge >= 0.3 is 0 Å². The number of imide groups is 1. The first kappa shape index (κ1) is 17.9. The molecule has 0 saturated heterocycles. The van der Waals surface area contributed by atoms with Crippen LogP contribution >= 0.6 is 15.9 Å². The Labute approximate surface area is 157 Å². The number of hydrogen-bond donors (Lipinski definition) is 0. The van der Waals surface area contributed by atoms with Gasteiger partial charge in [-0.25, -0.2) is 4.90 Å². The zero-order chi connectivity index (χ0) is 18.3. The van der Waals surface area contributed by atoms with E-state index in [1.54, 1.807) is 6.07 Å². The summed E-state index contributed by atoms with van der Waals surface area (Å²) in [4.78, 5) is 27.7. The molecule has 1 heterocycles. The number of hydrogen-bond acceptors (Lipinski definition) is 2. The molecular formula is C21H22BrNO2. The van der Waals surface area contributed by atoms with Crippen LogP contribution in [0.4, 0.5) is 5.69 Å². The van der Waals surface area contributed by atoms with E-state index in [-0.39, 0.29) is 23.7 Å². The van der Waals surface area contributed by atoms with Crippen LogP contribution in [0.25, 0.3) is 0 Å². The highest BCUT2D eigenvalue weighted by Gasteiger charge is 2.40. The Kier molecular flexibility index (Phi) is 4.83. The second-order valence-corrected chi connectivity index (χ2v) is 7.57. The lowest BCUT2D eigenvalue weighted by Gasteiger charge is -2.25. The Balaban J connectivity index is 2.25. The fourth-order valence-electron chi connectivity index (χ4n) is 3.44. The van der Waals surface area contributed by atoms with Crippen LogP contribution in [0.1, 0.15) is 76.9 Å². The number of anilines is 1. The minimum Gasteiger partial charge on any atom is -0.268 e. The van der Waals surface area contributed by atoms with Crippen molar-refractivity contribution < 1.29 is 9.59 Å². The second-order valence-electron chi connectivity index (χ2n) is 7.01. The van der Waals surface area contributed by atoms with Crippen LogP contribution in [0.2, 0.25) is 0 Å². The summed E-state index contributed by atoms with van der Waals surface area (Å²) < 4.78 is 0. The number of rotatable bonds is 4. The number of nitrogens with zero attached hydrogens (tertiary/aromatic N) is 1. The Morgan fingerprint density at radius 2 is 1.44 bits per heavy atom. The van der Waals surface area contributed by atoms with E-state index in [2.05, 4.69) is 43.6 Å². The summed E-state index contributed by atoms with van der Waals surface area (Å²) in [6.45, 7) is 8.35. The first-order valence-electron chi connectivity index (χ1n) is 8.57. The Hall–Kier alpha value is -1.94. The molecule has 2 aromatic carbocycles. The first-order valence-corrected chi connectivity index (χ1v) is 9.70. The van der Waals surface area contributed by atoms with Gasteiger partial charge in [-0.05, 0) is 34.6 Å². The predicted molar refractivity (Wildman–Crippen MR) is 105 cm³/mol. The van der Waals surface area contributed by atoms with E-state index in [1.807, 2.05) is 30.3 Å². The average molecular weight is 400 g/mol. The largest absolute Gasteiger partial charge is 0.268 e. The highest BCUT2D eigenvalue weighted by Crippen LogP contribution is 2.40. The fraction of sp³-hybridized carbons (Fsp3) is 0.333. The minimum absolute atomic E-state index is 0.216. The van der Waals surface area contributed by atoms with Gasteiger partial charge in [0.05, 0.1) is 16.8 Å². The zero-order valence-corrected chi connectivity index (χ0v) is 16.6. The van der Waals surface area contributed by atoms with Gasteiger partial charge in [0.25, 0.3) is 11.8 Å². The molecule has 1 aliphatic heterocycles. The Morgan fingerprint density at radius 3 is 1.96 bits per heavy atom. The molecule has 0 fully saturated rings. The first-order chi connectivity index (χ1) is 11.9. The molecule has 2 amide bonds. The lowest BCUT2D eigenvalue weighted by molar-refractivity contribution is 0.0925. The molecule has 3 rings (SSSR count). The van der Waals surface area contributed by atoms with Crippen LogP contribution in [0.3, 0.4) is 0 Å². The minimum atomic E-state index is -0.224. The quantitative estimate of drug-likeness (QED) is 0.493. The molecule has 0 N–H and O–H groups in total. The molecule has 1 aliphatic rings. The molecule has 0 bridgehead atoms. The van der Waals surface area contributed by atoms with Crippen LogP contribution in [-0.4, -0.2) is 11.8 Å². The lowest BCUT2D eigenvalue weighted by atomic mass is 9.92. The molecule has 0 aliphatic carbocycles. The molecule has 3 nitrogen and oxygen atoms in total. The fourth-order valence-corrected chi connectivity index (χ4v) is 3.91. The number of amides is 2. The van der Waals surface area contributed by atoms with Gasteiger partial charge in [-0.3, -0.25) is 9.59 Å². The normalized spacial score (nSPS) is 14.0. The van der Waals surface area contributed by atoms with Crippen LogP contribution in [-0.2, 0) is 5.33 Å². The smallest absolute Gasteiger partial charge is 0.266 e. The van der Waals surface area contributed by atoms with Crippen LogP contribution in [0, 0.1) is 0 Å². The number of benzene rings is 2. The number of fused-ring (bicyclic) bond motifs is 1. The molecular weight excluding hydrogens is 378 g/mol. The van der Waals surface area contributed by atoms with Crippen molar-refractivity contribution in [2.75, 3.05) is 4.90 Å². The van der Waals surface area contributed by atoms with Crippen molar-refractivity contribution >= 4 is 33.4 Å². The summed E-state index contributed by atoms with van der Waals surface area (Å²) in [5.74, 6) is -0.00911. The maximum atomic E-state index is 13.2. The molecule has 0 atom stereocenters. The number of alkyl halides is 1. The molecule has 0 radical (unpaired) electrons. The second kappa shape index (κ2) is 6.75. The van der Waals surface area contributed by atoms with Crippen LogP contribution in [0.5, 0.6) is 0 Å². The van der Waals surface area contributed by atoms with Gasteiger partial charge in [-0.15, -0.1) is 0 Å². The monoisotopic (exact) mass is 399 g/mol. The molecule has 25 heavy (non-hydrogen) atoms. The third kappa shape index (κ3) is 2.82. The van der Waals surface area contributed by atoms with Crippen molar-refractivity contribution in [3.05, 3.63) is 64.2 Å². The summed E-state index contributed by atoms with van der Waals surface area (Å²) in [5, 5.41) is 0.548. The summed E-state index contributed by atoms with van der Waals surface area (Å²) in [5.41, 5.74) is 4.70. The predicted octanol–water partition coefficient (Wildman–Crippen LogP) is 5.63. The highest BCUT2D eigenvalue weighted by atomic mass is 79.9. The standard InChI is InChI=1S/C21H22BrNO2/c1-12(2)15-8-6-9-16(13(3)4)19(15)23-20(24)17-10-5-7-14(11-22)18(17)21(23)25/h5-10,12-13H,11H2,1-4H3. The van der Waals surface area contributed by atoms with Gasteiger partial charge in [0.2, 0.25) is 0 Å². The maximum Gasteiger partial charge on any atom is 0.266 e. The van der Waals surface area contributed by atoms with E-state index >= 15 is 0 Å². The van der Waals surface area contributed by atoms with Crippen molar-refractivity contribution in [2.45, 2.75) is 44.9 Å². The zero-order valence-electron chi connectivity index (χ0n) is 15.0. The van der Waals surface area contributed by atoms with E-state index in [0.29, 0.717) is 16.5 Å². The Morgan fingerprint density at radius 1 is 0.880 bits per heavy atom. The molecule has 0 saturated carbocycles. The van der Waals surface area contributed by atoms with Gasteiger partial charge < -0.3 is 0 Å². The van der Waals surface area contributed by atoms with E-state index in [0.717, 1.165) is 22.4 Å². The number of carbonyl (C=O) groups excluding carboxylic acids is 2. The average Bonchev–Trinajstić information content (AvgIpc) is 2.85. The van der Waals surface area contributed by atoms with Crippen molar-refractivity contribution in [3.8, 4) is 0 Å². The van der Waals surface area contributed by atoms with Crippen molar-refractivity contribution in [1.29, 1.82) is 0 Å². The third-order valence-electron chi connectivity index (χ3n) is 4.71. The molecule has 2 aromatic rings. The van der Waals surface area contributed by atoms with Crippen LogP contribution in [0.15, 0.2) is 36.4 Å². The molecule has 130 valence electrons. The van der Waals surface area contributed by atoms with Gasteiger partial charge in [0, 0.05) is 5.33 Å². The van der Waals surface area contributed by atoms with Crippen molar-refractivity contribution in [2.24, 2.45) is 0 Å². The maximum absolute atomic E-state index is 13.2. The van der Waals surface area contributed by atoms with Crippen molar-refractivity contribution in [3.63, 3.8) is 0 Å². The Bertz CT molecular complexity index is 829. The lowest BCUT2D eigenvalue weighted by Crippen LogP contribution is -2.32. The molecule has 0 aromatic heterocycles. The van der Waals surface area contributed by atoms with Crippen LogP contribution < -0.4 is 4.90 Å². The summed E-state index contributed by atoms with van der Waals surface area (Å²) >= 11 is 3.43. The van der Waals surface area contributed by atoms with Gasteiger partial charge in [-0.1, -0.05) is 74.0 Å². The van der Waals surface area contributed by atoms with Gasteiger partial charge in [0.15, 0.2) is 0 Å². The third-order valence-corrected chi connectivity index (χ3v) is 5.32. The van der Waals surface area contributed by atoms with E-state index in [9.17, 15) is 9.59 Å². The molecule has 0 unspecified atom stereocenters. The molecule has 4 heteroatoms. The van der Waals surface area contributed by atoms with Gasteiger partial charge in [0.1, 0.15) is 0 Å². The summed E-state index contributed by atoms with van der Waals surface area (Å²) in [6, 6.07) is 11.5. The number of halogens is 1. The van der Waals surface area contributed by atoms with E-state index in [1.165, 1.54) is 4.90 Å². The number of para-hydroxylation sites is 1. The molecule has 0 spiro atoms. The van der Waals surface area contributed by atoms with Crippen molar-refractivity contribution in [1.82, 2.24) is 0 Å². The highest BCUT2D eigenvalue weighted by molar-refractivity contribution is 9.08. The van der Waals surface area contributed by atoms with E-state index < -0.39 is 0 Å². The SMILES string of the molecule is CC(C)c1cccc(C(C)C)c1N1C(=O)c2cccc(CBr)c2C1=O. The van der Waals surface area contributed by atoms with E-state index in [4.69, 9.17) is 0 Å². The summed E-state index contributed by atoms with van der Waals surface area (Å²) in [6.07, 6.45) is 0. The number of carbonyl (C=O) groups is 2.